The van der Waals surface area contributed by atoms with Gasteiger partial charge < -0.3 is 5.32 Å². The minimum atomic E-state index is -0.0490. The summed E-state index contributed by atoms with van der Waals surface area (Å²) in [7, 11) is 0. The molecule has 7 heteroatoms. The van der Waals surface area contributed by atoms with Crippen LogP contribution in [0.5, 0.6) is 0 Å². The Balaban J connectivity index is 1.34. The average molecular weight is 396 g/mol. The summed E-state index contributed by atoms with van der Waals surface area (Å²) < 4.78 is 1.91. The van der Waals surface area contributed by atoms with Gasteiger partial charge in [0, 0.05) is 0 Å². The van der Waals surface area contributed by atoms with Crippen molar-refractivity contribution in [1.82, 2.24) is 25.5 Å². The molecule has 1 aromatic heterocycles. The van der Waals surface area contributed by atoms with Gasteiger partial charge in [-0.3, -0.25) is 4.79 Å². The van der Waals surface area contributed by atoms with Crippen LogP contribution in [0, 0.1) is 0 Å². The number of hydrogen-bond donors (Lipinski definition) is 1. The van der Waals surface area contributed by atoms with Crippen LogP contribution in [-0.4, -0.2) is 31.9 Å². The van der Waals surface area contributed by atoms with Gasteiger partial charge in [-0.05, 0) is 52.6 Å². The largest absolute Gasteiger partial charge is 0.349 e. The Labute approximate surface area is 169 Å². The summed E-state index contributed by atoms with van der Waals surface area (Å²) in [5.41, 5.74) is 1.10. The van der Waals surface area contributed by atoms with E-state index in [0.29, 0.717) is 11.8 Å². The van der Waals surface area contributed by atoms with Gasteiger partial charge in [0.25, 0.3) is 0 Å². The first-order chi connectivity index (χ1) is 13.7. The van der Waals surface area contributed by atoms with E-state index in [9.17, 15) is 4.79 Å². The first-order valence-electron chi connectivity index (χ1n) is 9.89. The molecule has 4 rings (SSSR count). The Hall–Kier alpha value is -2.41. The van der Waals surface area contributed by atoms with Crippen LogP contribution in [0.2, 0.25) is 0 Å². The Kier molecular flexibility index (Phi) is 5.90. The highest BCUT2D eigenvalue weighted by atomic mass is 32.2. The number of carbonyl (C=O) groups is 1. The summed E-state index contributed by atoms with van der Waals surface area (Å²) in [6, 6.07) is 14.9. The second kappa shape index (κ2) is 8.73. The third kappa shape index (κ3) is 4.35. The molecule has 1 aliphatic carbocycles. The summed E-state index contributed by atoms with van der Waals surface area (Å²) in [6.45, 7) is 2.01. The predicted octanol–water partition coefficient (Wildman–Crippen LogP) is 4.30. The number of thioether (sulfide) groups is 1. The maximum absolute atomic E-state index is 12.5. The van der Waals surface area contributed by atoms with Crippen molar-refractivity contribution in [1.29, 1.82) is 0 Å². The third-order valence-corrected chi connectivity index (χ3v) is 6.30. The maximum Gasteiger partial charge on any atom is 0.230 e. The van der Waals surface area contributed by atoms with Crippen LogP contribution in [0.15, 0.2) is 47.6 Å². The molecule has 0 spiro atoms. The Morgan fingerprint density at radius 2 is 1.96 bits per heavy atom. The van der Waals surface area contributed by atoms with Crippen LogP contribution < -0.4 is 5.32 Å². The summed E-state index contributed by atoms with van der Waals surface area (Å²) in [5.74, 6) is 0.300. The highest BCUT2D eigenvalue weighted by Crippen LogP contribution is 2.30. The number of nitrogens with one attached hydrogen (secondary N) is 1. The quantitative estimate of drug-likeness (QED) is 0.630. The molecule has 1 heterocycles. The molecular weight excluding hydrogens is 370 g/mol. The monoisotopic (exact) mass is 395 g/mol. The summed E-state index contributed by atoms with van der Waals surface area (Å²) in [4.78, 5) is 12.5. The smallest absolute Gasteiger partial charge is 0.230 e. The maximum atomic E-state index is 12.5. The number of carbonyl (C=O) groups excluding carboxylic acids is 1. The zero-order valence-electron chi connectivity index (χ0n) is 16.0. The highest BCUT2D eigenvalue weighted by molar-refractivity contribution is 7.99. The van der Waals surface area contributed by atoms with Crippen molar-refractivity contribution in [3.63, 3.8) is 0 Å². The first-order valence-corrected chi connectivity index (χ1v) is 10.9. The topological polar surface area (TPSA) is 72.7 Å². The van der Waals surface area contributed by atoms with E-state index in [4.69, 9.17) is 0 Å². The molecule has 1 atom stereocenters. The number of hydrogen-bond acceptors (Lipinski definition) is 5. The molecule has 1 amide bonds. The predicted molar refractivity (Wildman–Crippen MR) is 111 cm³/mol. The minimum Gasteiger partial charge on any atom is -0.349 e. The number of nitrogens with zero attached hydrogens (tertiary/aromatic N) is 4. The Bertz CT molecular complexity index is 951. The normalized spacial score (nSPS) is 16.2. The van der Waals surface area contributed by atoms with Crippen molar-refractivity contribution in [2.45, 2.75) is 56.3 Å². The second-order valence-electron chi connectivity index (χ2n) is 7.38. The van der Waals surface area contributed by atoms with Crippen molar-refractivity contribution in [2.75, 3.05) is 5.75 Å². The zero-order valence-corrected chi connectivity index (χ0v) is 16.9. The lowest BCUT2D eigenvalue weighted by molar-refractivity contribution is -0.119. The molecule has 3 aromatic rings. The van der Waals surface area contributed by atoms with Crippen LogP contribution in [0.25, 0.3) is 10.8 Å². The fourth-order valence-corrected chi connectivity index (χ4v) is 4.56. The van der Waals surface area contributed by atoms with Crippen LogP contribution in [-0.2, 0) is 4.79 Å². The summed E-state index contributed by atoms with van der Waals surface area (Å²) in [6.07, 6.45) is 5.96. The molecule has 0 bridgehead atoms. The highest BCUT2D eigenvalue weighted by Gasteiger charge is 2.21. The molecule has 2 aromatic carbocycles. The molecule has 1 aliphatic rings. The van der Waals surface area contributed by atoms with Crippen molar-refractivity contribution in [2.24, 2.45) is 0 Å². The van der Waals surface area contributed by atoms with Gasteiger partial charge in [-0.1, -0.05) is 67.4 Å². The molecule has 1 N–H and O–H groups in total. The number of rotatable bonds is 6. The number of tetrazole rings is 1. The van der Waals surface area contributed by atoms with Crippen LogP contribution in [0.4, 0.5) is 0 Å². The van der Waals surface area contributed by atoms with Crippen molar-refractivity contribution >= 4 is 28.4 Å². The molecule has 1 fully saturated rings. The molecule has 6 nitrogen and oxygen atoms in total. The van der Waals surface area contributed by atoms with Gasteiger partial charge >= 0.3 is 0 Å². The standard InChI is InChI=1S/C21H25N5OS/c1-15(17-12-11-16-7-5-6-8-18(16)13-17)22-20(27)14-28-21-23-24-25-26(21)19-9-3-2-4-10-19/h5-8,11-13,15,19H,2-4,9-10,14H2,1H3,(H,22,27). The lowest BCUT2D eigenvalue weighted by atomic mass is 9.96. The molecule has 0 aliphatic heterocycles. The SMILES string of the molecule is CC(NC(=O)CSc1nnnn1C1CCCCC1)c1ccc2ccccc2c1. The summed E-state index contributed by atoms with van der Waals surface area (Å²) in [5, 5.41) is 18.3. The van der Waals surface area contributed by atoms with E-state index in [-0.39, 0.29) is 11.9 Å². The van der Waals surface area contributed by atoms with E-state index in [1.165, 1.54) is 41.8 Å². The van der Waals surface area contributed by atoms with Crippen LogP contribution >= 0.6 is 11.8 Å². The van der Waals surface area contributed by atoms with E-state index in [0.717, 1.165) is 23.6 Å². The Morgan fingerprint density at radius 3 is 2.79 bits per heavy atom. The number of benzene rings is 2. The van der Waals surface area contributed by atoms with Crippen LogP contribution in [0.3, 0.4) is 0 Å². The van der Waals surface area contributed by atoms with E-state index in [1.54, 1.807) is 0 Å². The fraction of sp³-hybridized carbons (Fsp3) is 0.429. The summed E-state index contributed by atoms with van der Waals surface area (Å²) >= 11 is 1.41. The van der Waals surface area contributed by atoms with Gasteiger partial charge in [0.1, 0.15) is 0 Å². The molecule has 1 saturated carbocycles. The van der Waals surface area contributed by atoms with E-state index >= 15 is 0 Å². The van der Waals surface area contributed by atoms with Gasteiger partial charge in [-0.25, -0.2) is 4.68 Å². The van der Waals surface area contributed by atoms with E-state index in [1.807, 2.05) is 23.7 Å². The zero-order chi connectivity index (χ0) is 19.3. The third-order valence-electron chi connectivity index (χ3n) is 5.37. The molecule has 0 radical (unpaired) electrons. The fourth-order valence-electron chi connectivity index (χ4n) is 3.81. The van der Waals surface area contributed by atoms with Crippen LogP contribution in [0.1, 0.15) is 56.7 Å². The van der Waals surface area contributed by atoms with Crippen molar-refractivity contribution < 1.29 is 4.79 Å². The van der Waals surface area contributed by atoms with Gasteiger partial charge in [0.15, 0.2) is 0 Å². The average Bonchev–Trinajstić information content (AvgIpc) is 3.21. The molecule has 1 unspecified atom stereocenters. The number of aromatic nitrogens is 4. The van der Waals surface area contributed by atoms with E-state index in [2.05, 4.69) is 51.2 Å². The Morgan fingerprint density at radius 1 is 1.18 bits per heavy atom. The first kappa shape index (κ1) is 18.9. The lowest BCUT2D eigenvalue weighted by Crippen LogP contribution is -2.28. The molecular formula is C21H25N5OS. The van der Waals surface area contributed by atoms with Crippen molar-refractivity contribution in [3.05, 3.63) is 48.0 Å². The number of fused-ring (bicyclic) bond motifs is 1. The van der Waals surface area contributed by atoms with Gasteiger partial charge in [-0.15, -0.1) is 5.10 Å². The van der Waals surface area contributed by atoms with Gasteiger partial charge in [0.2, 0.25) is 11.1 Å². The second-order valence-corrected chi connectivity index (χ2v) is 8.32. The lowest BCUT2D eigenvalue weighted by Gasteiger charge is -2.22. The molecule has 0 saturated heterocycles. The number of amides is 1. The minimum absolute atomic E-state index is 0.0103. The van der Waals surface area contributed by atoms with Gasteiger partial charge in [0.05, 0.1) is 17.8 Å². The molecule has 28 heavy (non-hydrogen) atoms. The van der Waals surface area contributed by atoms with Gasteiger partial charge in [-0.2, -0.15) is 0 Å². The molecule has 146 valence electrons. The van der Waals surface area contributed by atoms with E-state index < -0.39 is 0 Å². The van der Waals surface area contributed by atoms with Crippen molar-refractivity contribution in [3.8, 4) is 0 Å².